The van der Waals surface area contributed by atoms with E-state index in [4.69, 9.17) is 27.9 Å². The molecule has 1 aromatic carbocycles. The minimum absolute atomic E-state index is 0.00616. The lowest BCUT2D eigenvalue weighted by atomic mass is 10.1. The summed E-state index contributed by atoms with van der Waals surface area (Å²) in [5.41, 5.74) is 0.427. The lowest BCUT2D eigenvalue weighted by Crippen LogP contribution is -2.43. The summed E-state index contributed by atoms with van der Waals surface area (Å²) >= 11 is 11.7. The van der Waals surface area contributed by atoms with Gasteiger partial charge in [-0.15, -0.1) is 0 Å². The van der Waals surface area contributed by atoms with Crippen molar-refractivity contribution in [2.24, 2.45) is 0 Å². The lowest BCUT2D eigenvalue weighted by molar-refractivity contribution is -0.141. The third-order valence-electron chi connectivity index (χ3n) is 3.45. The number of nitrogens with one attached hydrogen (secondary N) is 2. The number of halogens is 2. The third kappa shape index (κ3) is 5.99. The zero-order valence-electron chi connectivity index (χ0n) is 12.4. The number of rotatable bonds is 7. The topological polar surface area (TPSA) is 87.7 Å². The molecule has 1 aromatic rings. The fourth-order valence-electron chi connectivity index (χ4n) is 2.35. The highest BCUT2D eigenvalue weighted by Crippen LogP contribution is 2.22. The Balaban J connectivity index is 1.87. The van der Waals surface area contributed by atoms with E-state index in [1.807, 2.05) is 0 Å². The molecule has 0 saturated carbocycles. The van der Waals surface area contributed by atoms with Gasteiger partial charge in [-0.3, -0.25) is 9.59 Å². The molecule has 1 aliphatic rings. The van der Waals surface area contributed by atoms with Gasteiger partial charge < -0.3 is 20.5 Å². The van der Waals surface area contributed by atoms with Crippen molar-refractivity contribution in [2.45, 2.75) is 31.4 Å². The Hall–Kier alpha value is -1.34. The van der Waals surface area contributed by atoms with Crippen molar-refractivity contribution < 1.29 is 19.4 Å². The Morgan fingerprint density at radius 2 is 2.00 bits per heavy atom. The maximum Gasteiger partial charge on any atom is 0.321 e. The number of hydrogen-bond donors (Lipinski definition) is 3. The van der Waals surface area contributed by atoms with Gasteiger partial charge in [0.1, 0.15) is 6.04 Å². The van der Waals surface area contributed by atoms with Crippen molar-refractivity contribution in [3.05, 3.63) is 28.2 Å². The van der Waals surface area contributed by atoms with Crippen LogP contribution in [-0.2, 0) is 14.3 Å². The van der Waals surface area contributed by atoms with Crippen LogP contribution in [0.15, 0.2) is 18.2 Å². The minimum Gasteiger partial charge on any atom is -0.480 e. The van der Waals surface area contributed by atoms with Gasteiger partial charge in [-0.2, -0.15) is 0 Å². The second kappa shape index (κ2) is 8.49. The van der Waals surface area contributed by atoms with E-state index in [0.717, 1.165) is 12.8 Å². The minimum atomic E-state index is -1.08. The number of ether oxygens (including phenoxy) is 1. The predicted molar refractivity (Wildman–Crippen MR) is 88.1 cm³/mol. The quantitative estimate of drug-likeness (QED) is 0.695. The average molecular weight is 361 g/mol. The molecule has 0 unspecified atom stereocenters. The second-order valence-corrected chi connectivity index (χ2v) is 6.22. The van der Waals surface area contributed by atoms with Crippen LogP contribution in [0.2, 0.25) is 10.0 Å². The molecule has 0 aromatic heterocycles. The fraction of sp³-hybridized carbons (Fsp3) is 0.467. The first-order valence-corrected chi connectivity index (χ1v) is 8.03. The SMILES string of the molecule is O=C(C[C@@H](NC[C@@H]1CCCO1)C(=O)O)Nc1cc(Cl)cc(Cl)c1. The summed E-state index contributed by atoms with van der Waals surface area (Å²) in [5.74, 6) is -1.52. The van der Waals surface area contributed by atoms with E-state index in [1.165, 1.54) is 0 Å². The van der Waals surface area contributed by atoms with Crippen molar-refractivity contribution in [1.82, 2.24) is 5.32 Å². The zero-order valence-corrected chi connectivity index (χ0v) is 13.9. The number of carbonyl (C=O) groups is 2. The molecule has 0 bridgehead atoms. The molecule has 126 valence electrons. The lowest BCUT2D eigenvalue weighted by Gasteiger charge is -2.17. The molecule has 1 saturated heterocycles. The van der Waals surface area contributed by atoms with Gasteiger partial charge in [0.2, 0.25) is 5.91 Å². The molecular formula is C15H18Cl2N2O4. The summed E-state index contributed by atoms with van der Waals surface area (Å²) in [6.07, 6.45) is 1.67. The first-order chi connectivity index (χ1) is 10.9. The smallest absolute Gasteiger partial charge is 0.321 e. The van der Waals surface area contributed by atoms with Crippen LogP contribution in [-0.4, -0.2) is 42.3 Å². The molecule has 3 N–H and O–H groups in total. The van der Waals surface area contributed by atoms with Gasteiger partial charge in [0.05, 0.1) is 12.5 Å². The third-order valence-corrected chi connectivity index (χ3v) is 3.89. The molecule has 0 spiro atoms. The van der Waals surface area contributed by atoms with Gasteiger partial charge in [0.25, 0.3) is 0 Å². The molecule has 23 heavy (non-hydrogen) atoms. The molecular weight excluding hydrogens is 343 g/mol. The summed E-state index contributed by atoms with van der Waals surface area (Å²) in [6.45, 7) is 1.10. The van der Waals surface area contributed by atoms with Gasteiger partial charge in [0, 0.05) is 28.9 Å². The van der Waals surface area contributed by atoms with E-state index in [-0.39, 0.29) is 12.5 Å². The van der Waals surface area contributed by atoms with Crippen molar-refractivity contribution in [1.29, 1.82) is 0 Å². The largest absolute Gasteiger partial charge is 0.480 e. The van der Waals surface area contributed by atoms with E-state index < -0.39 is 17.9 Å². The van der Waals surface area contributed by atoms with Crippen molar-refractivity contribution in [3.8, 4) is 0 Å². The summed E-state index contributed by atoms with van der Waals surface area (Å²) in [6, 6.07) is 3.65. The average Bonchev–Trinajstić information content (AvgIpc) is 2.95. The van der Waals surface area contributed by atoms with Gasteiger partial charge in [-0.25, -0.2) is 0 Å². The molecule has 0 radical (unpaired) electrons. The van der Waals surface area contributed by atoms with Gasteiger partial charge in [-0.1, -0.05) is 23.2 Å². The summed E-state index contributed by atoms with van der Waals surface area (Å²) in [7, 11) is 0. The standard InChI is InChI=1S/C15H18Cl2N2O4/c16-9-4-10(17)6-11(5-9)19-14(20)7-13(15(21)22)18-8-12-2-1-3-23-12/h4-6,12-13,18H,1-3,7-8H2,(H,19,20)(H,21,22)/t12-,13+/m0/s1. The van der Waals surface area contributed by atoms with Crippen LogP contribution in [0.1, 0.15) is 19.3 Å². The van der Waals surface area contributed by atoms with Crippen molar-refractivity contribution in [2.75, 3.05) is 18.5 Å². The molecule has 2 rings (SSSR count). The highest BCUT2D eigenvalue weighted by Gasteiger charge is 2.23. The van der Waals surface area contributed by atoms with E-state index in [2.05, 4.69) is 10.6 Å². The number of carbonyl (C=O) groups excluding carboxylic acids is 1. The van der Waals surface area contributed by atoms with Crippen LogP contribution in [0.3, 0.4) is 0 Å². The summed E-state index contributed by atoms with van der Waals surface area (Å²) in [4.78, 5) is 23.3. The van der Waals surface area contributed by atoms with E-state index in [9.17, 15) is 14.7 Å². The molecule has 0 aliphatic carbocycles. The van der Waals surface area contributed by atoms with Gasteiger partial charge in [0.15, 0.2) is 0 Å². The Morgan fingerprint density at radius 1 is 1.30 bits per heavy atom. The number of aliphatic carboxylic acids is 1. The Labute approximate surface area is 144 Å². The Kier molecular flexibility index (Phi) is 6.65. The molecule has 6 nitrogen and oxygen atoms in total. The van der Waals surface area contributed by atoms with Crippen LogP contribution in [0.5, 0.6) is 0 Å². The van der Waals surface area contributed by atoms with Gasteiger partial charge in [-0.05, 0) is 31.0 Å². The first kappa shape index (κ1) is 18.0. The van der Waals surface area contributed by atoms with E-state index in [0.29, 0.717) is 28.9 Å². The number of carboxylic acid groups (broad SMARTS) is 1. The Bertz CT molecular complexity index is 556. The molecule has 8 heteroatoms. The number of anilines is 1. The number of amides is 1. The molecule has 1 fully saturated rings. The van der Waals surface area contributed by atoms with Crippen LogP contribution in [0.4, 0.5) is 5.69 Å². The normalized spacial score (nSPS) is 18.6. The molecule has 1 heterocycles. The zero-order chi connectivity index (χ0) is 16.8. The van der Waals surface area contributed by atoms with Crippen molar-refractivity contribution in [3.63, 3.8) is 0 Å². The number of hydrogen-bond acceptors (Lipinski definition) is 4. The maximum absolute atomic E-state index is 12.0. The first-order valence-electron chi connectivity index (χ1n) is 7.28. The van der Waals surface area contributed by atoms with E-state index >= 15 is 0 Å². The monoisotopic (exact) mass is 360 g/mol. The second-order valence-electron chi connectivity index (χ2n) is 5.34. The van der Waals surface area contributed by atoms with Gasteiger partial charge >= 0.3 is 5.97 Å². The van der Waals surface area contributed by atoms with Crippen LogP contribution in [0.25, 0.3) is 0 Å². The highest BCUT2D eigenvalue weighted by atomic mass is 35.5. The summed E-state index contributed by atoms with van der Waals surface area (Å²) in [5, 5.41) is 15.5. The van der Waals surface area contributed by atoms with Crippen LogP contribution < -0.4 is 10.6 Å². The predicted octanol–water partition coefficient (Wildman–Crippen LogP) is 2.54. The van der Waals surface area contributed by atoms with E-state index in [1.54, 1.807) is 18.2 Å². The van der Waals surface area contributed by atoms with Crippen molar-refractivity contribution >= 4 is 40.8 Å². The van der Waals surface area contributed by atoms with Crippen LogP contribution in [0, 0.1) is 0 Å². The maximum atomic E-state index is 12.0. The summed E-state index contributed by atoms with van der Waals surface area (Å²) < 4.78 is 5.42. The fourth-order valence-corrected chi connectivity index (χ4v) is 2.88. The number of benzene rings is 1. The Morgan fingerprint density at radius 3 is 2.57 bits per heavy atom. The van der Waals surface area contributed by atoms with Crippen LogP contribution >= 0.6 is 23.2 Å². The molecule has 2 atom stereocenters. The molecule has 1 amide bonds. The highest BCUT2D eigenvalue weighted by molar-refractivity contribution is 6.35. The molecule has 1 aliphatic heterocycles. The number of carboxylic acids is 1.